The molecule has 28 heavy (non-hydrogen) atoms. The van der Waals surface area contributed by atoms with Crippen molar-refractivity contribution in [2.24, 2.45) is 0 Å². The number of rotatable bonds is 6. The number of carboxylic acid groups (broad SMARTS) is 1. The van der Waals surface area contributed by atoms with Crippen LogP contribution in [0.15, 0.2) is 45.4 Å². The second-order valence-electron chi connectivity index (χ2n) is 6.42. The van der Waals surface area contributed by atoms with Gasteiger partial charge in [0.25, 0.3) is 5.89 Å². The van der Waals surface area contributed by atoms with Crippen molar-refractivity contribution in [2.45, 2.75) is 18.3 Å². The standard InChI is InChI=1S/C19H13BrCl2N2O4/c20-10-4-5-14(27-9-15(25)26)11(8-10)17-23-18(24-28-17)19(6-7-19)16-12(21)2-1-3-13(16)22/h1-5,8H,6-7,9H2,(H,25,26). The molecule has 0 unspecified atom stereocenters. The Morgan fingerprint density at radius 2 is 1.96 bits per heavy atom. The zero-order valence-electron chi connectivity index (χ0n) is 14.3. The highest BCUT2D eigenvalue weighted by Gasteiger charge is 2.52. The molecule has 0 radical (unpaired) electrons. The predicted octanol–water partition coefficient (Wildman–Crippen LogP) is 5.35. The maximum atomic E-state index is 10.8. The van der Waals surface area contributed by atoms with Crippen molar-refractivity contribution in [1.82, 2.24) is 10.1 Å². The first kappa shape index (κ1) is 19.2. The number of ether oxygens (including phenoxy) is 1. The molecule has 0 saturated heterocycles. The third-order valence-electron chi connectivity index (χ3n) is 4.57. The van der Waals surface area contributed by atoms with E-state index in [9.17, 15) is 4.79 Å². The average molecular weight is 484 g/mol. The third kappa shape index (κ3) is 3.50. The van der Waals surface area contributed by atoms with Gasteiger partial charge in [-0.25, -0.2) is 4.79 Å². The molecule has 4 rings (SSSR count). The summed E-state index contributed by atoms with van der Waals surface area (Å²) < 4.78 is 11.6. The molecule has 0 bridgehead atoms. The SMILES string of the molecule is O=C(O)COc1ccc(Br)cc1-c1nc(C2(c3c(Cl)cccc3Cl)CC2)no1. The number of carbonyl (C=O) groups is 1. The Labute approximate surface area is 178 Å². The average Bonchev–Trinajstić information content (AvgIpc) is 3.28. The van der Waals surface area contributed by atoms with E-state index in [-0.39, 0.29) is 5.89 Å². The fourth-order valence-electron chi connectivity index (χ4n) is 3.13. The molecule has 3 aromatic rings. The molecule has 0 amide bonds. The monoisotopic (exact) mass is 482 g/mol. The second kappa shape index (κ2) is 7.39. The van der Waals surface area contributed by atoms with Gasteiger partial charge < -0.3 is 14.4 Å². The molecule has 1 heterocycles. The first-order valence-electron chi connectivity index (χ1n) is 8.34. The molecule has 0 atom stereocenters. The lowest BCUT2D eigenvalue weighted by Gasteiger charge is -2.14. The van der Waals surface area contributed by atoms with E-state index < -0.39 is 18.0 Å². The largest absolute Gasteiger partial charge is 0.481 e. The number of benzene rings is 2. The van der Waals surface area contributed by atoms with Crippen molar-refractivity contribution in [2.75, 3.05) is 6.61 Å². The Hall–Kier alpha value is -2.09. The first-order chi connectivity index (χ1) is 13.4. The summed E-state index contributed by atoms with van der Waals surface area (Å²) in [6.07, 6.45) is 1.60. The lowest BCUT2D eigenvalue weighted by atomic mass is 9.95. The van der Waals surface area contributed by atoms with Gasteiger partial charge >= 0.3 is 5.97 Å². The van der Waals surface area contributed by atoms with Gasteiger partial charge in [0.15, 0.2) is 12.4 Å². The normalized spacial score (nSPS) is 14.7. The minimum Gasteiger partial charge on any atom is -0.481 e. The van der Waals surface area contributed by atoms with Crippen LogP contribution in [0.5, 0.6) is 5.75 Å². The van der Waals surface area contributed by atoms with Crippen LogP contribution >= 0.6 is 39.1 Å². The van der Waals surface area contributed by atoms with E-state index in [0.717, 1.165) is 22.9 Å². The quantitative estimate of drug-likeness (QED) is 0.508. The van der Waals surface area contributed by atoms with Gasteiger partial charge in [-0.1, -0.05) is 50.4 Å². The van der Waals surface area contributed by atoms with Crippen LogP contribution in [0.25, 0.3) is 11.5 Å². The summed E-state index contributed by atoms with van der Waals surface area (Å²) in [5, 5.41) is 14.2. The Kier molecular flexibility index (Phi) is 5.07. The zero-order chi connectivity index (χ0) is 19.9. The van der Waals surface area contributed by atoms with E-state index in [1.165, 1.54) is 0 Å². The maximum absolute atomic E-state index is 10.8. The van der Waals surface area contributed by atoms with E-state index in [0.29, 0.717) is 27.2 Å². The number of hydrogen-bond donors (Lipinski definition) is 1. The second-order valence-corrected chi connectivity index (χ2v) is 8.15. The van der Waals surface area contributed by atoms with Crippen LogP contribution in [0.1, 0.15) is 24.2 Å². The molecule has 2 aromatic carbocycles. The van der Waals surface area contributed by atoms with Gasteiger partial charge in [-0.2, -0.15) is 4.98 Å². The van der Waals surface area contributed by atoms with E-state index in [4.69, 9.17) is 37.6 Å². The number of aromatic nitrogens is 2. The number of halogens is 3. The summed E-state index contributed by atoms with van der Waals surface area (Å²) >= 11 is 16.2. The molecule has 1 aliphatic carbocycles. The van der Waals surface area contributed by atoms with Gasteiger partial charge in [0.1, 0.15) is 5.75 Å². The number of nitrogens with zero attached hydrogens (tertiary/aromatic N) is 2. The van der Waals surface area contributed by atoms with Crippen LogP contribution in [0.2, 0.25) is 10.0 Å². The third-order valence-corrected chi connectivity index (χ3v) is 5.69. The van der Waals surface area contributed by atoms with Crippen molar-refractivity contribution >= 4 is 45.1 Å². The lowest BCUT2D eigenvalue weighted by molar-refractivity contribution is -0.139. The highest BCUT2D eigenvalue weighted by Crippen LogP contribution is 2.56. The van der Waals surface area contributed by atoms with Crippen molar-refractivity contribution in [3.8, 4) is 17.2 Å². The van der Waals surface area contributed by atoms with E-state index in [2.05, 4.69) is 26.1 Å². The molecule has 0 aliphatic heterocycles. The van der Waals surface area contributed by atoms with Gasteiger partial charge in [-0.15, -0.1) is 0 Å². The molecular weight excluding hydrogens is 471 g/mol. The molecule has 144 valence electrons. The van der Waals surface area contributed by atoms with Crippen LogP contribution in [0.3, 0.4) is 0 Å². The highest BCUT2D eigenvalue weighted by molar-refractivity contribution is 9.10. The Morgan fingerprint density at radius 3 is 2.61 bits per heavy atom. The van der Waals surface area contributed by atoms with E-state index in [1.807, 2.05) is 0 Å². The minimum absolute atomic E-state index is 0.228. The highest BCUT2D eigenvalue weighted by atomic mass is 79.9. The molecule has 1 fully saturated rings. The summed E-state index contributed by atoms with van der Waals surface area (Å²) in [6, 6.07) is 10.5. The van der Waals surface area contributed by atoms with Gasteiger partial charge in [0, 0.05) is 20.1 Å². The van der Waals surface area contributed by atoms with Crippen LogP contribution in [-0.2, 0) is 10.2 Å². The van der Waals surface area contributed by atoms with Crippen LogP contribution in [0, 0.1) is 0 Å². The Bertz CT molecular complexity index is 1050. The van der Waals surface area contributed by atoms with Crippen molar-refractivity contribution in [3.63, 3.8) is 0 Å². The van der Waals surface area contributed by atoms with Crippen molar-refractivity contribution < 1.29 is 19.2 Å². The smallest absolute Gasteiger partial charge is 0.341 e. The minimum atomic E-state index is -1.08. The molecule has 1 N–H and O–H groups in total. The molecule has 1 aliphatic rings. The fourth-order valence-corrected chi connectivity index (χ4v) is 4.25. The maximum Gasteiger partial charge on any atom is 0.341 e. The van der Waals surface area contributed by atoms with E-state index >= 15 is 0 Å². The molecule has 1 saturated carbocycles. The zero-order valence-corrected chi connectivity index (χ0v) is 17.4. The summed E-state index contributed by atoms with van der Waals surface area (Å²) in [5.74, 6) is -0.0281. The van der Waals surface area contributed by atoms with Gasteiger partial charge in [-0.3, -0.25) is 0 Å². The summed E-state index contributed by atoms with van der Waals surface area (Å²) in [5.41, 5.74) is 0.809. The molecule has 9 heteroatoms. The predicted molar refractivity (Wildman–Crippen MR) is 107 cm³/mol. The molecule has 1 aromatic heterocycles. The van der Waals surface area contributed by atoms with E-state index in [1.54, 1.807) is 36.4 Å². The summed E-state index contributed by atoms with van der Waals surface area (Å²) in [4.78, 5) is 15.4. The Morgan fingerprint density at radius 1 is 1.25 bits per heavy atom. The number of carboxylic acids is 1. The van der Waals surface area contributed by atoms with Crippen LogP contribution in [0.4, 0.5) is 0 Å². The van der Waals surface area contributed by atoms with Gasteiger partial charge in [0.2, 0.25) is 0 Å². The van der Waals surface area contributed by atoms with Crippen LogP contribution in [-0.4, -0.2) is 27.8 Å². The molecular formula is C19H13BrCl2N2O4. The summed E-state index contributed by atoms with van der Waals surface area (Å²) in [6.45, 7) is -0.477. The number of aliphatic carboxylic acids is 1. The molecule has 0 spiro atoms. The van der Waals surface area contributed by atoms with Crippen molar-refractivity contribution in [1.29, 1.82) is 0 Å². The first-order valence-corrected chi connectivity index (χ1v) is 9.89. The topological polar surface area (TPSA) is 85.5 Å². The fraction of sp³-hybridized carbons (Fsp3) is 0.211. The Balaban J connectivity index is 1.73. The lowest BCUT2D eigenvalue weighted by Crippen LogP contribution is -2.12. The van der Waals surface area contributed by atoms with Gasteiger partial charge in [0.05, 0.1) is 11.0 Å². The number of hydrogen-bond acceptors (Lipinski definition) is 5. The summed E-state index contributed by atoms with van der Waals surface area (Å²) in [7, 11) is 0. The van der Waals surface area contributed by atoms with Crippen molar-refractivity contribution in [3.05, 3.63) is 62.3 Å². The van der Waals surface area contributed by atoms with Gasteiger partial charge in [-0.05, 0) is 43.2 Å². The van der Waals surface area contributed by atoms with Crippen LogP contribution < -0.4 is 4.74 Å². The molecule has 6 nitrogen and oxygen atoms in total.